The van der Waals surface area contributed by atoms with Crippen LogP contribution in [0.4, 0.5) is 5.69 Å². The van der Waals surface area contributed by atoms with E-state index < -0.39 is 0 Å². The number of ether oxygens (including phenoxy) is 1. The third-order valence-corrected chi connectivity index (χ3v) is 11.2. The molecule has 0 saturated carbocycles. The van der Waals surface area contributed by atoms with E-state index in [0.29, 0.717) is 48.4 Å². The molecule has 0 unspecified atom stereocenters. The fraction of sp³-hybridized carbons (Fsp3) is 0.293. The monoisotopic (exact) mass is 747 g/mol. The lowest BCUT2D eigenvalue weighted by atomic mass is 9.97. The minimum absolute atomic E-state index is 0.0782. The molecule has 0 N–H and O–H groups in total. The van der Waals surface area contributed by atoms with E-state index in [1.807, 2.05) is 92.9 Å². The first kappa shape index (κ1) is 34.9. The molecule has 270 valence electrons. The van der Waals surface area contributed by atoms with Crippen molar-refractivity contribution in [2.24, 2.45) is 7.05 Å². The summed E-state index contributed by atoms with van der Waals surface area (Å²) in [4.78, 5) is 30.6. The summed E-state index contributed by atoms with van der Waals surface area (Å²) in [6, 6.07) is 13.8. The van der Waals surface area contributed by atoms with Crippen molar-refractivity contribution in [3.8, 4) is 28.3 Å². The zero-order valence-corrected chi connectivity index (χ0v) is 32.2. The van der Waals surface area contributed by atoms with Gasteiger partial charge in [0, 0.05) is 75.2 Å². The number of anilines is 1. The van der Waals surface area contributed by atoms with E-state index in [-0.39, 0.29) is 11.9 Å². The summed E-state index contributed by atoms with van der Waals surface area (Å²) in [5.74, 6) is 1.69. The van der Waals surface area contributed by atoms with Gasteiger partial charge in [-0.15, -0.1) is 0 Å². The highest BCUT2D eigenvalue weighted by Crippen LogP contribution is 2.45. The highest BCUT2D eigenvalue weighted by Gasteiger charge is 2.37. The standard InChI is InChI=1S/C41H39Cl2N7O3/c1-21-15-28(16-22(2)37(21)43)52-14-8-9-29-30-11-12-32(42)36(35-24(4)44-20-45-25(35)5)38(30)50-23(3)18-49(41(51)39(29)50)34-19-48(7)33-13-10-27(17-31(33)34)40-46-26(6)47-53-40/h10-13,15-17,19-20,23H,8-9,14,18H2,1-7H3/t23-/m1/s1. The number of halogens is 2. The second kappa shape index (κ2) is 13.3. The van der Waals surface area contributed by atoms with E-state index in [0.717, 1.165) is 83.0 Å². The lowest BCUT2D eigenvalue weighted by Gasteiger charge is -2.34. The highest BCUT2D eigenvalue weighted by atomic mass is 35.5. The molecule has 0 saturated heterocycles. The van der Waals surface area contributed by atoms with Crippen LogP contribution >= 0.6 is 23.2 Å². The maximum Gasteiger partial charge on any atom is 0.275 e. The number of fused-ring (bicyclic) bond motifs is 4. The van der Waals surface area contributed by atoms with Crippen LogP contribution in [-0.2, 0) is 13.5 Å². The molecule has 1 atom stereocenters. The van der Waals surface area contributed by atoms with Gasteiger partial charge in [-0.3, -0.25) is 4.79 Å². The van der Waals surface area contributed by atoms with Gasteiger partial charge in [0.15, 0.2) is 5.82 Å². The lowest BCUT2D eigenvalue weighted by molar-refractivity contribution is 0.0957. The van der Waals surface area contributed by atoms with Crippen LogP contribution in [0.2, 0.25) is 10.0 Å². The predicted molar refractivity (Wildman–Crippen MR) is 210 cm³/mol. The average molecular weight is 749 g/mol. The summed E-state index contributed by atoms with van der Waals surface area (Å²) in [7, 11) is 1.99. The number of hydrogen-bond acceptors (Lipinski definition) is 7. The first-order chi connectivity index (χ1) is 25.4. The van der Waals surface area contributed by atoms with E-state index in [1.54, 1.807) is 13.3 Å². The van der Waals surface area contributed by atoms with Crippen LogP contribution in [0, 0.1) is 34.6 Å². The van der Waals surface area contributed by atoms with Crippen LogP contribution in [0.1, 0.15) is 63.8 Å². The molecule has 3 aromatic carbocycles. The zero-order valence-electron chi connectivity index (χ0n) is 30.7. The van der Waals surface area contributed by atoms with E-state index >= 15 is 4.79 Å². The van der Waals surface area contributed by atoms with Gasteiger partial charge in [-0.05, 0) is 107 Å². The van der Waals surface area contributed by atoms with Gasteiger partial charge in [-0.1, -0.05) is 34.4 Å². The molecule has 0 fully saturated rings. The molecular weight excluding hydrogens is 709 g/mol. The number of aryl methyl sites for hydroxylation is 7. The Balaban J connectivity index is 1.26. The van der Waals surface area contributed by atoms with Gasteiger partial charge in [0.2, 0.25) is 0 Å². The summed E-state index contributed by atoms with van der Waals surface area (Å²) in [5, 5.41) is 7.22. The number of aromatic nitrogens is 6. The Hall–Kier alpha value is -5.19. The third kappa shape index (κ3) is 5.84. The smallest absolute Gasteiger partial charge is 0.275 e. The van der Waals surface area contributed by atoms with Crippen molar-refractivity contribution in [3.05, 3.63) is 105 Å². The van der Waals surface area contributed by atoms with Crippen LogP contribution in [0.15, 0.2) is 59.5 Å². The fourth-order valence-electron chi connectivity index (χ4n) is 7.89. The molecular formula is C41H39Cl2N7O3. The van der Waals surface area contributed by atoms with Crippen LogP contribution in [-0.4, -0.2) is 48.3 Å². The molecule has 0 spiro atoms. The summed E-state index contributed by atoms with van der Waals surface area (Å²) in [5.41, 5.74) is 10.4. The number of rotatable bonds is 8. The predicted octanol–water partition coefficient (Wildman–Crippen LogP) is 9.72. The summed E-state index contributed by atoms with van der Waals surface area (Å²) >= 11 is 13.5. The largest absolute Gasteiger partial charge is 0.494 e. The molecule has 1 aliphatic rings. The number of nitrogens with zero attached hydrogens (tertiary/aromatic N) is 7. The lowest BCUT2D eigenvalue weighted by Crippen LogP contribution is -2.42. The quantitative estimate of drug-likeness (QED) is 0.143. The number of hydrogen-bond donors (Lipinski definition) is 0. The van der Waals surface area contributed by atoms with Crippen molar-refractivity contribution in [1.29, 1.82) is 0 Å². The second-order valence-corrected chi connectivity index (χ2v) is 14.8. The van der Waals surface area contributed by atoms with Gasteiger partial charge in [0.1, 0.15) is 17.8 Å². The molecule has 8 rings (SSSR count). The SMILES string of the molecule is Cc1noc(-c2ccc3c(c2)c(N2C[C@@H](C)n4c(c(CCCOc5cc(C)c(Cl)c(C)c5)c5ccc(Cl)c(-c6c(C)ncnc6C)c54)C2=O)cn3C)n1. The molecule has 4 aromatic heterocycles. The fourth-order valence-corrected chi connectivity index (χ4v) is 8.25. The van der Waals surface area contributed by atoms with Crippen LogP contribution < -0.4 is 9.64 Å². The van der Waals surface area contributed by atoms with Gasteiger partial charge >= 0.3 is 0 Å². The first-order valence-electron chi connectivity index (χ1n) is 17.7. The summed E-state index contributed by atoms with van der Waals surface area (Å²) < 4.78 is 16.0. The number of amides is 1. The molecule has 1 amide bonds. The van der Waals surface area contributed by atoms with Crippen molar-refractivity contribution in [1.82, 2.24) is 29.2 Å². The van der Waals surface area contributed by atoms with Crippen molar-refractivity contribution in [2.75, 3.05) is 18.1 Å². The minimum Gasteiger partial charge on any atom is -0.494 e. The molecule has 12 heteroatoms. The van der Waals surface area contributed by atoms with Gasteiger partial charge in [-0.2, -0.15) is 4.98 Å². The van der Waals surface area contributed by atoms with E-state index in [2.05, 4.69) is 31.6 Å². The maximum atomic E-state index is 15.1. The van der Waals surface area contributed by atoms with E-state index in [4.69, 9.17) is 32.5 Å². The number of carbonyl (C=O) groups is 1. The Bertz CT molecular complexity index is 2560. The van der Waals surface area contributed by atoms with Crippen molar-refractivity contribution >= 4 is 56.6 Å². The zero-order chi connectivity index (χ0) is 37.3. The second-order valence-electron chi connectivity index (χ2n) is 14.0. The molecule has 0 bridgehead atoms. The van der Waals surface area contributed by atoms with Crippen LogP contribution in [0.3, 0.4) is 0 Å². The molecule has 1 aliphatic heterocycles. The molecule has 0 aliphatic carbocycles. The summed E-state index contributed by atoms with van der Waals surface area (Å²) in [6.07, 6.45) is 4.89. The Kier molecular flexibility index (Phi) is 8.78. The molecule has 53 heavy (non-hydrogen) atoms. The Morgan fingerprint density at radius 3 is 2.38 bits per heavy atom. The van der Waals surface area contributed by atoms with Gasteiger partial charge < -0.3 is 23.3 Å². The van der Waals surface area contributed by atoms with Crippen molar-refractivity contribution in [2.45, 2.75) is 60.4 Å². The summed E-state index contributed by atoms with van der Waals surface area (Å²) in [6.45, 7) is 12.8. The molecule has 5 heterocycles. The van der Waals surface area contributed by atoms with E-state index in [1.165, 1.54) is 0 Å². The number of benzene rings is 3. The average Bonchev–Trinajstić information content (AvgIpc) is 3.81. The van der Waals surface area contributed by atoms with E-state index in [9.17, 15) is 0 Å². The minimum atomic E-state index is -0.102. The molecule has 10 nitrogen and oxygen atoms in total. The molecule has 7 aromatic rings. The van der Waals surface area contributed by atoms with Crippen molar-refractivity contribution in [3.63, 3.8) is 0 Å². The number of carbonyl (C=O) groups excluding carboxylic acids is 1. The maximum absolute atomic E-state index is 15.1. The van der Waals surface area contributed by atoms with Gasteiger partial charge in [0.25, 0.3) is 11.8 Å². The first-order valence-corrected chi connectivity index (χ1v) is 18.4. The highest BCUT2D eigenvalue weighted by molar-refractivity contribution is 6.35. The normalized spacial score (nSPS) is 14.5. The Labute approximate surface area is 317 Å². The Morgan fingerprint density at radius 2 is 1.68 bits per heavy atom. The van der Waals surface area contributed by atoms with Crippen molar-refractivity contribution < 1.29 is 14.1 Å². The van der Waals surface area contributed by atoms with Crippen LogP contribution in [0.25, 0.3) is 44.4 Å². The van der Waals surface area contributed by atoms with Crippen LogP contribution in [0.5, 0.6) is 5.75 Å². The molecule has 0 radical (unpaired) electrons. The van der Waals surface area contributed by atoms with Gasteiger partial charge in [0.05, 0.1) is 22.8 Å². The van der Waals surface area contributed by atoms with Gasteiger partial charge in [-0.25, -0.2) is 9.97 Å². The topological polar surface area (TPSA) is 104 Å². The third-order valence-electron chi connectivity index (χ3n) is 10.3. The Morgan fingerprint density at radius 1 is 0.943 bits per heavy atom.